The Bertz CT molecular complexity index is 1010. The highest BCUT2D eigenvalue weighted by atomic mass is 16.6. The van der Waals surface area contributed by atoms with Gasteiger partial charge in [0.15, 0.2) is 0 Å². The Labute approximate surface area is 262 Å². The minimum Gasteiger partial charge on any atom is -0.487 e. The minimum absolute atomic E-state index is 0. The van der Waals surface area contributed by atoms with Crippen LogP contribution >= 0.6 is 0 Å². The Kier molecular flexibility index (Phi) is 17.5. The molecule has 0 aliphatic carbocycles. The van der Waals surface area contributed by atoms with Crippen LogP contribution in [0.25, 0.3) is 0 Å². The van der Waals surface area contributed by atoms with Gasteiger partial charge in [-0.1, -0.05) is 72.6 Å². The number of fused-ring (bicyclic) bond motifs is 1. The third-order valence-electron chi connectivity index (χ3n) is 9.14. The fourth-order valence-electron chi connectivity index (χ4n) is 6.09. The van der Waals surface area contributed by atoms with Gasteiger partial charge in [0.05, 0.1) is 19.4 Å². The molecule has 0 bridgehead atoms. The summed E-state index contributed by atoms with van der Waals surface area (Å²) in [6, 6.07) is 0. The molecule has 2 rings (SSSR count). The van der Waals surface area contributed by atoms with Crippen LogP contribution in [-0.4, -0.2) is 37.9 Å². The average molecular weight is 604 g/mol. The summed E-state index contributed by atoms with van der Waals surface area (Å²) in [7, 11) is 1.54. The molecule has 0 saturated heterocycles. The summed E-state index contributed by atoms with van der Waals surface area (Å²) in [6.45, 7) is 18.3. The molecule has 7 nitrogen and oxygen atoms in total. The van der Waals surface area contributed by atoms with Crippen LogP contribution in [0.5, 0.6) is 11.5 Å². The molecule has 0 amide bonds. The number of rotatable bonds is 19. The van der Waals surface area contributed by atoms with Crippen LogP contribution < -0.4 is 15.6 Å². The van der Waals surface area contributed by atoms with Crippen LogP contribution in [-0.2, 0) is 25.5 Å². The summed E-state index contributed by atoms with van der Waals surface area (Å²) in [5.41, 5.74) is 3.85. The number of carbonyl (C=O) groups excluding carboxylic acids is 2. The van der Waals surface area contributed by atoms with Crippen molar-refractivity contribution in [1.29, 1.82) is 0 Å². The number of carbonyl (C=O) groups is 2. The fourth-order valence-corrected chi connectivity index (χ4v) is 6.09. The van der Waals surface area contributed by atoms with Crippen molar-refractivity contribution >= 4 is 11.9 Å². The molecule has 1 aromatic carbocycles. The van der Waals surface area contributed by atoms with Gasteiger partial charge in [0, 0.05) is 12.7 Å². The minimum atomic E-state index is -0.430. The first kappa shape index (κ1) is 38.9. The van der Waals surface area contributed by atoms with Crippen molar-refractivity contribution < 1.29 is 28.5 Å². The molecule has 3 atom stereocenters. The maximum atomic E-state index is 12.6. The molecule has 43 heavy (non-hydrogen) atoms. The molecule has 1 N–H and O–H groups in total. The Hall–Kier alpha value is -2.12. The predicted octanol–water partition coefficient (Wildman–Crippen LogP) is 8.74. The molecule has 1 aliphatic rings. The van der Waals surface area contributed by atoms with E-state index in [4.69, 9.17) is 18.9 Å². The van der Waals surface area contributed by atoms with E-state index in [9.17, 15) is 9.59 Å². The SMILES string of the molecule is COCCOC(=O)CCC(=O)Oc1c(C)c(C)c2c(c1C)CCC(C)(CCCC(C)CCCC(C)CCCC(C)C)O2.[NH]. The zero-order valence-corrected chi connectivity index (χ0v) is 28.8. The molecule has 0 aromatic heterocycles. The average Bonchev–Trinajstić information content (AvgIpc) is 2.93. The Balaban J connectivity index is 0.00000924. The lowest BCUT2D eigenvalue weighted by atomic mass is 9.83. The maximum Gasteiger partial charge on any atom is 0.311 e. The van der Waals surface area contributed by atoms with Crippen molar-refractivity contribution in [3.8, 4) is 11.5 Å². The van der Waals surface area contributed by atoms with Crippen LogP contribution in [0.2, 0.25) is 0 Å². The third-order valence-corrected chi connectivity index (χ3v) is 9.14. The number of ether oxygens (including phenoxy) is 4. The lowest BCUT2D eigenvalue weighted by Crippen LogP contribution is -2.37. The van der Waals surface area contributed by atoms with Crippen LogP contribution in [0.3, 0.4) is 0 Å². The van der Waals surface area contributed by atoms with Gasteiger partial charge in [-0.3, -0.25) is 9.59 Å². The second-order valence-electron chi connectivity index (χ2n) is 13.6. The van der Waals surface area contributed by atoms with Gasteiger partial charge in [-0.05, 0) is 87.8 Å². The maximum absolute atomic E-state index is 12.6. The van der Waals surface area contributed by atoms with Gasteiger partial charge in [-0.25, -0.2) is 0 Å². The van der Waals surface area contributed by atoms with Crippen LogP contribution in [0.15, 0.2) is 0 Å². The second kappa shape index (κ2) is 19.3. The molecule has 7 heteroatoms. The quantitative estimate of drug-likeness (QED) is 0.0890. The van der Waals surface area contributed by atoms with E-state index in [-0.39, 0.29) is 31.2 Å². The van der Waals surface area contributed by atoms with Gasteiger partial charge in [0.1, 0.15) is 23.7 Å². The molecular formula is C36H61NO6. The van der Waals surface area contributed by atoms with E-state index in [0.717, 1.165) is 65.0 Å². The standard InChI is InChI=1S/C36H60O6.HN/c1-25(2)13-10-14-26(3)15-11-16-27(4)17-12-21-36(8)22-20-31-30(7)34(28(5)29(6)35(31)42-36)41-33(38)19-18-32(37)40-24-23-39-9;/h25-27H,10-24H2,1-9H3;1H. The number of hydrogen-bond acceptors (Lipinski definition) is 6. The number of esters is 2. The van der Waals surface area contributed by atoms with E-state index >= 15 is 0 Å². The van der Waals surface area contributed by atoms with Crippen LogP contribution in [0.4, 0.5) is 0 Å². The summed E-state index contributed by atoms with van der Waals surface area (Å²) < 4.78 is 22.4. The van der Waals surface area contributed by atoms with Gasteiger partial charge >= 0.3 is 11.9 Å². The first-order valence-corrected chi connectivity index (χ1v) is 16.5. The third kappa shape index (κ3) is 13.2. The van der Waals surface area contributed by atoms with Crippen molar-refractivity contribution in [2.75, 3.05) is 20.3 Å². The van der Waals surface area contributed by atoms with Crippen molar-refractivity contribution in [3.05, 3.63) is 22.3 Å². The first-order valence-electron chi connectivity index (χ1n) is 16.5. The summed E-state index contributed by atoms with van der Waals surface area (Å²) in [5.74, 6) is 3.12. The van der Waals surface area contributed by atoms with Gasteiger partial charge < -0.3 is 18.9 Å². The number of methoxy groups -OCH3 is 1. The van der Waals surface area contributed by atoms with E-state index in [1.165, 1.54) is 51.4 Å². The molecular weight excluding hydrogens is 542 g/mol. The number of benzene rings is 1. The molecule has 0 spiro atoms. The monoisotopic (exact) mass is 603 g/mol. The molecule has 0 saturated carbocycles. The zero-order chi connectivity index (χ0) is 31.3. The highest BCUT2D eigenvalue weighted by Gasteiger charge is 2.35. The first-order chi connectivity index (χ1) is 19.9. The topological polar surface area (TPSA) is 103 Å². The van der Waals surface area contributed by atoms with E-state index in [1.54, 1.807) is 7.11 Å². The summed E-state index contributed by atoms with van der Waals surface area (Å²) in [4.78, 5) is 24.4. The highest BCUT2D eigenvalue weighted by molar-refractivity contribution is 5.80. The van der Waals surface area contributed by atoms with Crippen LogP contribution in [0.1, 0.15) is 134 Å². The lowest BCUT2D eigenvalue weighted by Gasteiger charge is -2.38. The van der Waals surface area contributed by atoms with Gasteiger partial charge in [0.25, 0.3) is 0 Å². The molecule has 3 unspecified atom stereocenters. The van der Waals surface area contributed by atoms with Crippen LogP contribution in [0, 0.1) is 38.5 Å². The summed E-state index contributed by atoms with van der Waals surface area (Å²) in [6.07, 6.45) is 13.4. The van der Waals surface area contributed by atoms with Gasteiger partial charge in [-0.15, -0.1) is 0 Å². The molecule has 0 fully saturated rings. The van der Waals surface area contributed by atoms with Crippen molar-refractivity contribution in [2.45, 2.75) is 144 Å². The van der Waals surface area contributed by atoms with Gasteiger partial charge in [-0.2, -0.15) is 6.15 Å². The van der Waals surface area contributed by atoms with Crippen molar-refractivity contribution in [3.63, 3.8) is 0 Å². The molecule has 246 valence electrons. The fraction of sp³-hybridized carbons (Fsp3) is 0.778. The van der Waals surface area contributed by atoms with E-state index < -0.39 is 11.9 Å². The largest absolute Gasteiger partial charge is 0.487 e. The number of hydrogen-bond donors (Lipinski definition) is 0. The zero-order valence-electron chi connectivity index (χ0n) is 28.8. The Morgan fingerprint density at radius 3 is 2.00 bits per heavy atom. The lowest BCUT2D eigenvalue weighted by molar-refractivity contribution is -0.147. The normalized spacial score (nSPS) is 17.4. The van der Waals surface area contributed by atoms with Gasteiger partial charge in [0.2, 0.25) is 0 Å². The molecule has 1 heterocycles. The Morgan fingerprint density at radius 2 is 1.40 bits per heavy atom. The molecule has 1 aromatic rings. The van der Waals surface area contributed by atoms with E-state index in [0.29, 0.717) is 12.4 Å². The predicted molar refractivity (Wildman–Crippen MR) is 174 cm³/mol. The van der Waals surface area contributed by atoms with E-state index in [1.807, 2.05) is 13.8 Å². The molecule has 2 radical (unpaired) electrons. The summed E-state index contributed by atoms with van der Waals surface area (Å²) >= 11 is 0. The number of nitrogens with one attached hydrogen (secondary N) is 1. The van der Waals surface area contributed by atoms with Crippen molar-refractivity contribution in [2.24, 2.45) is 17.8 Å². The summed E-state index contributed by atoms with van der Waals surface area (Å²) in [5, 5.41) is 0. The highest BCUT2D eigenvalue weighted by Crippen LogP contribution is 2.45. The molecule has 1 aliphatic heterocycles. The smallest absolute Gasteiger partial charge is 0.311 e. The Morgan fingerprint density at radius 1 is 0.814 bits per heavy atom. The second-order valence-corrected chi connectivity index (χ2v) is 13.6. The van der Waals surface area contributed by atoms with E-state index in [2.05, 4.69) is 41.5 Å². The van der Waals surface area contributed by atoms with Crippen molar-refractivity contribution in [1.82, 2.24) is 6.15 Å².